The van der Waals surface area contributed by atoms with Crippen LogP contribution in [0.15, 0.2) is 0 Å². The molecule has 0 bridgehead atoms. The number of aliphatic hydroxyl groups excluding tert-OH is 2. The monoisotopic (exact) mass is 286 g/mol. The predicted octanol–water partition coefficient (Wildman–Crippen LogP) is -0.0239. The molecule has 0 radical (unpaired) electrons. The minimum absolute atomic E-state index is 0.181. The van der Waals surface area contributed by atoms with Crippen LogP contribution in [0, 0.1) is 5.41 Å². The highest BCUT2D eigenvalue weighted by Crippen LogP contribution is 2.17. The summed E-state index contributed by atoms with van der Waals surface area (Å²) in [6, 6.07) is -0.792. The van der Waals surface area contributed by atoms with Gasteiger partial charge in [0, 0.05) is 12.0 Å². The summed E-state index contributed by atoms with van der Waals surface area (Å²) in [6.07, 6.45) is -4.45. The third-order valence-electron chi connectivity index (χ3n) is 2.90. The van der Waals surface area contributed by atoms with E-state index in [2.05, 4.69) is 0 Å². The van der Waals surface area contributed by atoms with E-state index in [-0.39, 0.29) is 19.8 Å². The van der Waals surface area contributed by atoms with Gasteiger partial charge in [-0.3, -0.25) is 9.69 Å². The highest BCUT2D eigenvalue weighted by molar-refractivity contribution is 5.81. The molecule has 19 heavy (non-hydrogen) atoms. The normalized spacial score (nSPS) is 14.6. The second-order valence-electron chi connectivity index (χ2n) is 5.05. The number of aliphatic hydroxyl groups is 2. The first kappa shape index (κ1) is 18.1. The summed E-state index contributed by atoms with van der Waals surface area (Å²) in [5.41, 5.74) is -0.812. The number of likely N-dealkylation sites (N-methyl/N-ethyl adjacent to an activating group) is 1. The van der Waals surface area contributed by atoms with Crippen molar-refractivity contribution in [2.45, 2.75) is 26.1 Å². The van der Waals surface area contributed by atoms with Gasteiger partial charge >= 0.3 is 6.18 Å². The van der Waals surface area contributed by atoms with Crippen molar-refractivity contribution >= 4 is 5.91 Å². The first-order valence-electron chi connectivity index (χ1n) is 5.81. The van der Waals surface area contributed by atoms with Gasteiger partial charge in [0.1, 0.15) is 6.54 Å². The summed E-state index contributed by atoms with van der Waals surface area (Å²) in [6.45, 7) is 1.31. The number of nitrogens with zero attached hydrogens (tertiary/aromatic N) is 1. The molecule has 0 saturated heterocycles. The Labute approximate surface area is 110 Å². The van der Waals surface area contributed by atoms with Gasteiger partial charge in [0.15, 0.2) is 0 Å². The Bertz CT molecular complexity index is 293. The second kappa shape index (κ2) is 7.06. The van der Waals surface area contributed by atoms with Gasteiger partial charge in [-0.05, 0) is 14.0 Å². The van der Waals surface area contributed by atoms with E-state index in [1.165, 1.54) is 11.8 Å². The van der Waals surface area contributed by atoms with E-state index in [9.17, 15) is 18.0 Å². The van der Waals surface area contributed by atoms with Crippen LogP contribution in [0.4, 0.5) is 13.2 Å². The van der Waals surface area contributed by atoms with Crippen molar-refractivity contribution in [1.82, 2.24) is 10.2 Å². The summed E-state index contributed by atoms with van der Waals surface area (Å²) < 4.78 is 35.9. The first-order valence-corrected chi connectivity index (χ1v) is 5.81. The van der Waals surface area contributed by atoms with E-state index in [4.69, 9.17) is 10.2 Å². The molecule has 0 rings (SSSR count). The van der Waals surface area contributed by atoms with Crippen molar-refractivity contribution < 1.29 is 28.2 Å². The Hall–Kier alpha value is -0.860. The zero-order valence-corrected chi connectivity index (χ0v) is 11.3. The van der Waals surface area contributed by atoms with E-state index in [0.29, 0.717) is 0 Å². The van der Waals surface area contributed by atoms with Gasteiger partial charge in [-0.1, -0.05) is 6.92 Å². The summed E-state index contributed by atoms with van der Waals surface area (Å²) in [4.78, 5) is 13.0. The van der Waals surface area contributed by atoms with Crippen LogP contribution in [-0.4, -0.2) is 66.6 Å². The molecule has 0 aliphatic heterocycles. The molecule has 1 unspecified atom stereocenters. The van der Waals surface area contributed by atoms with Crippen LogP contribution in [0.3, 0.4) is 0 Å². The van der Waals surface area contributed by atoms with Crippen molar-refractivity contribution in [3.8, 4) is 0 Å². The molecule has 0 aliphatic rings. The molecular weight excluding hydrogens is 265 g/mol. The molecule has 0 heterocycles. The minimum Gasteiger partial charge on any atom is -0.396 e. The fraction of sp³-hybridized carbons (Fsp3) is 0.909. The largest absolute Gasteiger partial charge is 0.405 e. The summed E-state index contributed by atoms with van der Waals surface area (Å²) in [5, 5.41) is 20.1. The highest BCUT2D eigenvalue weighted by atomic mass is 19.4. The number of halogens is 3. The van der Waals surface area contributed by atoms with E-state index in [0.717, 1.165) is 0 Å². The van der Waals surface area contributed by atoms with Crippen LogP contribution in [0.25, 0.3) is 0 Å². The summed E-state index contributed by atoms with van der Waals surface area (Å²) in [5.74, 6) is -0.752. The lowest BCUT2D eigenvalue weighted by molar-refractivity contribution is -0.141. The molecule has 8 heteroatoms. The number of alkyl halides is 3. The number of rotatable bonds is 7. The van der Waals surface area contributed by atoms with E-state index in [1.54, 1.807) is 19.3 Å². The molecule has 0 fully saturated rings. The number of hydrogen-bond acceptors (Lipinski definition) is 4. The van der Waals surface area contributed by atoms with Gasteiger partial charge in [0.05, 0.1) is 19.3 Å². The maximum absolute atomic E-state index is 12.0. The maximum Gasteiger partial charge on any atom is 0.405 e. The summed E-state index contributed by atoms with van der Waals surface area (Å²) >= 11 is 0. The number of hydrogen-bond donors (Lipinski definition) is 3. The van der Waals surface area contributed by atoms with Crippen LogP contribution < -0.4 is 5.32 Å². The lowest BCUT2D eigenvalue weighted by atomic mass is 9.92. The number of carbonyl (C=O) groups excluding carboxylic acids is 1. The Kier molecular flexibility index (Phi) is 6.74. The maximum atomic E-state index is 12.0. The van der Waals surface area contributed by atoms with Gasteiger partial charge in [0.2, 0.25) is 5.91 Å². The Balaban J connectivity index is 4.40. The van der Waals surface area contributed by atoms with E-state index in [1.807, 2.05) is 0 Å². The Morgan fingerprint density at radius 2 is 1.79 bits per heavy atom. The molecular formula is C11H21F3N2O3. The Morgan fingerprint density at radius 1 is 1.32 bits per heavy atom. The fourth-order valence-corrected chi connectivity index (χ4v) is 1.42. The lowest BCUT2D eigenvalue weighted by Gasteiger charge is -2.33. The average Bonchev–Trinajstić information content (AvgIpc) is 2.33. The quantitative estimate of drug-likeness (QED) is 0.615. The fourth-order valence-electron chi connectivity index (χ4n) is 1.42. The predicted molar refractivity (Wildman–Crippen MR) is 63.4 cm³/mol. The van der Waals surface area contributed by atoms with Gasteiger partial charge < -0.3 is 15.5 Å². The number of nitrogens with one attached hydrogen (secondary N) is 1. The standard InChI is InChI=1S/C11H21F3N2O3/c1-8(9(19)15-4-11(12,13)14)16(3)5-10(2,6-17)7-18/h8,17-18H,4-7H2,1-3H3,(H,15,19). The Morgan fingerprint density at radius 3 is 2.16 bits per heavy atom. The number of carbonyl (C=O) groups is 1. The zero-order valence-electron chi connectivity index (χ0n) is 11.3. The van der Waals surface area contributed by atoms with Crippen LogP contribution in [0.5, 0.6) is 0 Å². The molecule has 1 amide bonds. The van der Waals surface area contributed by atoms with Gasteiger partial charge in [0.25, 0.3) is 0 Å². The SMILES string of the molecule is CC(C(=O)NCC(F)(F)F)N(C)CC(C)(CO)CO. The van der Waals surface area contributed by atoms with Crippen molar-refractivity contribution in [3.63, 3.8) is 0 Å². The van der Waals surface area contributed by atoms with E-state index >= 15 is 0 Å². The van der Waals surface area contributed by atoms with Crippen LogP contribution in [0.1, 0.15) is 13.8 Å². The number of amides is 1. The third kappa shape index (κ3) is 6.74. The molecule has 0 aliphatic carbocycles. The van der Waals surface area contributed by atoms with Crippen molar-refractivity contribution in [2.24, 2.45) is 5.41 Å². The molecule has 0 spiro atoms. The second-order valence-corrected chi connectivity index (χ2v) is 5.05. The first-order chi connectivity index (χ1) is 8.54. The van der Waals surface area contributed by atoms with Crippen LogP contribution in [0.2, 0.25) is 0 Å². The van der Waals surface area contributed by atoms with Crippen LogP contribution >= 0.6 is 0 Å². The molecule has 0 aromatic heterocycles. The molecule has 114 valence electrons. The molecule has 1 atom stereocenters. The van der Waals surface area contributed by atoms with Gasteiger partial charge in [-0.2, -0.15) is 13.2 Å². The van der Waals surface area contributed by atoms with Crippen LogP contribution in [-0.2, 0) is 4.79 Å². The van der Waals surface area contributed by atoms with Gasteiger partial charge in [-0.25, -0.2) is 0 Å². The van der Waals surface area contributed by atoms with Crippen molar-refractivity contribution in [3.05, 3.63) is 0 Å². The zero-order chi connectivity index (χ0) is 15.3. The van der Waals surface area contributed by atoms with Crippen molar-refractivity contribution in [2.75, 3.05) is 33.4 Å². The topological polar surface area (TPSA) is 72.8 Å². The summed E-state index contributed by atoms with van der Waals surface area (Å²) in [7, 11) is 1.54. The van der Waals surface area contributed by atoms with Crippen molar-refractivity contribution in [1.29, 1.82) is 0 Å². The molecule has 5 nitrogen and oxygen atoms in total. The molecule has 3 N–H and O–H groups in total. The lowest BCUT2D eigenvalue weighted by Crippen LogP contribution is -2.50. The smallest absolute Gasteiger partial charge is 0.396 e. The third-order valence-corrected chi connectivity index (χ3v) is 2.90. The highest BCUT2D eigenvalue weighted by Gasteiger charge is 2.31. The molecule has 0 saturated carbocycles. The van der Waals surface area contributed by atoms with Gasteiger partial charge in [-0.15, -0.1) is 0 Å². The molecule has 0 aromatic carbocycles. The van der Waals surface area contributed by atoms with E-state index < -0.39 is 30.1 Å². The average molecular weight is 286 g/mol. The molecule has 0 aromatic rings. The minimum atomic E-state index is -4.45.